The highest BCUT2D eigenvalue weighted by Gasteiger charge is 2.20. The van der Waals surface area contributed by atoms with Crippen LogP contribution in [0.5, 0.6) is 0 Å². The normalized spacial score (nSPS) is 16.0. The third-order valence-corrected chi connectivity index (χ3v) is 3.90. The average Bonchev–Trinajstić information content (AvgIpc) is 2.50. The summed E-state index contributed by atoms with van der Waals surface area (Å²) < 4.78 is 4.93. The Morgan fingerprint density at radius 2 is 1.95 bits per heavy atom. The standard InChI is InChI=1S/C16H25N3O2/c1-14-5-3-4-6-15(14)13-18-8-10-19(11-9-18)16(20)17-7-12-21-2/h3-6H,7-13H2,1-2H3,(H,17,20). The molecule has 0 radical (unpaired) electrons. The molecule has 0 atom stereocenters. The van der Waals surface area contributed by atoms with Crippen molar-refractivity contribution in [2.45, 2.75) is 13.5 Å². The van der Waals surface area contributed by atoms with Crippen LogP contribution in [-0.4, -0.2) is 62.3 Å². The molecule has 1 saturated heterocycles. The van der Waals surface area contributed by atoms with Crippen LogP contribution in [0.25, 0.3) is 0 Å². The van der Waals surface area contributed by atoms with Crippen molar-refractivity contribution in [1.82, 2.24) is 15.1 Å². The first-order valence-electron chi connectivity index (χ1n) is 7.49. The number of piperazine rings is 1. The van der Waals surface area contributed by atoms with Crippen LogP contribution in [0.15, 0.2) is 24.3 Å². The molecular weight excluding hydrogens is 266 g/mol. The first-order valence-corrected chi connectivity index (χ1v) is 7.49. The van der Waals surface area contributed by atoms with Gasteiger partial charge in [0.1, 0.15) is 0 Å². The molecule has 2 amide bonds. The third-order valence-electron chi connectivity index (χ3n) is 3.90. The summed E-state index contributed by atoms with van der Waals surface area (Å²) in [5.74, 6) is 0. The van der Waals surface area contributed by atoms with Gasteiger partial charge in [-0.25, -0.2) is 4.79 Å². The number of ether oxygens (including phenoxy) is 1. The van der Waals surface area contributed by atoms with E-state index in [0.29, 0.717) is 13.2 Å². The number of aryl methyl sites for hydroxylation is 1. The fraction of sp³-hybridized carbons (Fsp3) is 0.562. The molecule has 1 fully saturated rings. The van der Waals surface area contributed by atoms with E-state index in [0.717, 1.165) is 32.7 Å². The van der Waals surface area contributed by atoms with Gasteiger partial charge in [0.2, 0.25) is 0 Å². The molecule has 1 aromatic rings. The lowest BCUT2D eigenvalue weighted by Crippen LogP contribution is -2.51. The lowest BCUT2D eigenvalue weighted by Gasteiger charge is -2.35. The number of urea groups is 1. The Morgan fingerprint density at radius 3 is 2.62 bits per heavy atom. The van der Waals surface area contributed by atoms with Gasteiger partial charge >= 0.3 is 6.03 Å². The van der Waals surface area contributed by atoms with Gasteiger partial charge < -0.3 is 15.0 Å². The third kappa shape index (κ3) is 4.72. The topological polar surface area (TPSA) is 44.8 Å². The molecule has 5 nitrogen and oxygen atoms in total. The number of hydrogen-bond donors (Lipinski definition) is 1. The highest BCUT2D eigenvalue weighted by atomic mass is 16.5. The van der Waals surface area contributed by atoms with Crippen molar-refractivity contribution in [1.29, 1.82) is 0 Å². The molecular formula is C16H25N3O2. The van der Waals surface area contributed by atoms with Crippen LogP contribution in [0.2, 0.25) is 0 Å². The molecule has 0 bridgehead atoms. The van der Waals surface area contributed by atoms with Gasteiger partial charge in [-0.05, 0) is 18.1 Å². The Bertz CT molecular complexity index is 457. The molecule has 0 aliphatic carbocycles. The molecule has 1 aromatic carbocycles. The second-order valence-corrected chi connectivity index (χ2v) is 5.41. The predicted octanol–water partition coefficient (Wildman–Crippen LogP) is 1.47. The monoisotopic (exact) mass is 291 g/mol. The number of hydrogen-bond acceptors (Lipinski definition) is 3. The SMILES string of the molecule is COCCNC(=O)N1CCN(Cc2ccccc2C)CC1. The summed E-state index contributed by atoms with van der Waals surface area (Å²) >= 11 is 0. The van der Waals surface area contributed by atoms with Crippen LogP contribution >= 0.6 is 0 Å². The molecule has 0 saturated carbocycles. The Kier molecular flexibility index (Phi) is 6.02. The number of carbonyl (C=O) groups is 1. The Balaban J connectivity index is 1.75. The number of methoxy groups -OCH3 is 1. The van der Waals surface area contributed by atoms with Crippen LogP contribution in [0.4, 0.5) is 4.79 Å². The molecule has 1 heterocycles. The second kappa shape index (κ2) is 8.00. The van der Waals surface area contributed by atoms with E-state index in [1.807, 2.05) is 4.90 Å². The fourth-order valence-electron chi connectivity index (χ4n) is 2.51. The molecule has 0 unspecified atom stereocenters. The molecule has 116 valence electrons. The zero-order chi connectivity index (χ0) is 15.1. The summed E-state index contributed by atoms with van der Waals surface area (Å²) in [5, 5.41) is 2.87. The van der Waals surface area contributed by atoms with Crippen molar-refractivity contribution < 1.29 is 9.53 Å². The van der Waals surface area contributed by atoms with E-state index in [4.69, 9.17) is 4.74 Å². The van der Waals surface area contributed by atoms with E-state index in [1.54, 1.807) is 7.11 Å². The van der Waals surface area contributed by atoms with Crippen LogP contribution in [0.1, 0.15) is 11.1 Å². The van der Waals surface area contributed by atoms with Crippen molar-refractivity contribution in [3.63, 3.8) is 0 Å². The maximum absolute atomic E-state index is 11.9. The molecule has 1 aliphatic rings. The summed E-state index contributed by atoms with van der Waals surface area (Å²) in [6.07, 6.45) is 0. The van der Waals surface area contributed by atoms with Gasteiger partial charge in [0.05, 0.1) is 6.61 Å². The Hall–Kier alpha value is -1.59. The minimum Gasteiger partial charge on any atom is -0.383 e. The van der Waals surface area contributed by atoms with Gasteiger partial charge in [-0.2, -0.15) is 0 Å². The van der Waals surface area contributed by atoms with Crippen LogP contribution in [-0.2, 0) is 11.3 Å². The van der Waals surface area contributed by atoms with Crippen LogP contribution < -0.4 is 5.32 Å². The van der Waals surface area contributed by atoms with Gasteiger partial charge in [-0.3, -0.25) is 4.90 Å². The summed E-state index contributed by atoms with van der Waals surface area (Å²) in [6, 6.07) is 8.50. The lowest BCUT2D eigenvalue weighted by molar-refractivity contribution is 0.132. The zero-order valence-corrected chi connectivity index (χ0v) is 13.0. The quantitative estimate of drug-likeness (QED) is 0.836. The first-order chi connectivity index (χ1) is 10.2. The molecule has 2 rings (SSSR count). The number of benzene rings is 1. The highest BCUT2D eigenvalue weighted by Crippen LogP contribution is 2.12. The van der Waals surface area contributed by atoms with Crippen molar-refractivity contribution in [3.05, 3.63) is 35.4 Å². The number of nitrogens with zero attached hydrogens (tertiary/aromatic N) is 2. The largest absolute Gasteiger partial charge is 0.383 e. The van der Waals surface area contributed by atoms with Gasteiger partial charge in [0.15, 0.2) is 0 Å². The first kappa shape index (κ1) is 15.8. The minimum atomic E-state index is 0.0163. The number of nitrogens with one attached hydrogen (secondary N) is 1. The van der Waals surface area contributed by atoms with E-state index in [2.05, 4.69) is 41.4 Å². The second-order valence-electron chi connectivity index (χ2n) is 5.41. The fourth-order valence-corrected chi connectivity index (χ4v) is 2.51. The van der Waals surface area contributed by atoms with Gasteiger partial charge in [0.25, 0.3) is 0 Å². The Labute approximate surface area is 126 Å². The smallest absolute Gasteiger partial charge is 0.317 e. The summed E-state index contributed by atoms with van der Waals surface area (Å²) in [4.78, 5) is 16.2. The van der Waals surface area contributed by atoms with Crippen molar-refractivity contribution in [2.75, 3.05) is 46.4 Å². The van der Waals surface area contributed by atoms with Gasteiger partial charge in [0, 0.05) is 46.4 Å². The predicted molar refractivity (Wildman–Crippen MR) is 83.3 cm³/mol. The van der Waals surface area contributed by atoms with Crippen molar-refractivity contribution in [2.24, 2.45) is 0 Å². The average molecular weight is 291 g/mol. The molecule has 0 aromatic heterocycles. The van der Waals surface area contributed by atoms with Crippen molar-refractivity contribution in [3.8, 4) is 0 Å². The van der Waals surface area contributed by atoms with E-state index < -0.39 is 0 Å². The molecule has 21 heavy (non-hydrogen) atoms. The molecule has 5 heteroatoms. The van der Waals surface area contributed by atoms with Crippen LogP contribution in [0, 0.1) is 6.92 Å². The van der Waals surface area contributed by atoms with Gasteiger partial charge in [-0.1, -0.05) is 24.3 Å². The van der Waals surface area contributed by atoms with Crippen LogP contribution in [0.3, 0.4) is 0 Å². The number of carbonyl (C=O) groups excluding carboxylic acids is 1. The summed E-state index contributed by atoms with van der Waals surface area (Å²) in [6.45, 7) is 7.64. The van der Waals surface area contributed by atoms with E-state index in [9.17, 15) is 4.79 Å². The summed E-state index contributed by atoms with van der Waals surface area (Å²) in [7, 11) is 1.64. The molecule has 1 aliphatic heterocycles. The van der Waals surface area contributed by atoms with E-state index >= 15 is 0 Å². The highest BCUT2D eigenvalue weighted by molar-refractivity contribution is 5.74. The minimum absolute atomic E-state index is 0.0163. The number of amides is 2. The summed E-state index contributed by atoms with van der Waals surface area (Å²) in [5.41, 5.74) is 2.70. The number of rotatable bonds is 5. The van der Waals surface area contributed by atoms with E-state index in [1.165, 1.54) is 11.1 Å². The van der Waals surface area contributed by atoms with E-state index in [-0.39, 0.29) is 6.03 Å². The molecule has 1 N–H and O–H groups in total. The maximum Gasteiger partial charge on any atom is 0.317 e. The lowest BCUT2D eigenvalue weighted by atomic mass is 10.1. The van der Waals surface area contributed by atoms with Gasteiger partial charge in [-0.15, -0.1) is 0 Å². The van der Waals surface area contributed by atoms with Crippen molar-refractivity contribution >= 4 is 6.03 Å². The maximum atomic E-state index is 11.9. The Morgan fingerprint density at radius 1 is 1.24 bits per heavy atom. The zero-order valence-electron chi connectivity index (χ0n) is 13.0. The molecule has 0 spiro atoms.